The van der Waals surface area contributed by atoms with Gasteiger partial charge in [-0.2, -0.15) is 0 Å². The van der Waals surface area contributed by atoms with E-state index in [0.717, 1.165) is 22.3 Å². The zero-order valence-corrected chi connectivity index (χ0v) is 16.0. The number of urea groups is 1. The third-order valence-electron chi connectivity index (χ3n) is 4.65. The summed E-state index contributed by atoms with van der Waals surface area (Å²) in [6.07, 6.45) is 0. The molecular formula is C21H21ClN2O2. The van der Waals surface area contributed by atoms with Gasteiger partial charge < -0.3 is 10.6 Å². The van der Waals surface area contributed by atoms with Gasteiger partial charge in [0.05, 0.1) is 6.04 Å². The highest BCUT2D eigenvalue weighted by Gasteiger charge is 2.33. The molecule has 5 heteroatoms. The molecule has 1 aliphatic rings. The summed E-state index contributed by atoms with van der Waals surface area (Å²) in [6.45, 7) is 7.80. The van der Waals surface area contributed by atoms with Gasteiger partial charge in [0.25, 0.3) is 0 Å². The maximum Gasteiger partial charge on any atom is 0.319 e. The first kappa shape index (κ1) is 18.2. The van der Waals surface area contributed by atoms with Crippen molar-refractivity contribution >= 4 is 23.4 Å². The van der Waals surface area contributed by atoms with E-state index in [1.54, 1.807) is 31.2 Å². The second kappa shape index (κ2) is 6.96. The molecule has 0 unspecified atom stereocenters. The molecule has 2 N–H and O–H groups in total. The van der Waals surface area contributed by atoms with Crippen molar-refractivity contribution in [2.45, 2.75) is 33.7 Å². The monoisotopic (exact) mass is 368 g/mol. The first-order valence-electron chi connectivity index (χ1n) is 8.44. The summed E-state index contributed by atoms with van der Waals surface area (Å²) >= 11 is 5.94. The fourth-order valence-electron chi connectivity index (χ4n) is 3.61. The highest BCUT2D eigenvalue weighted by Crippen LogP contribution is 2.33. The number of carbonyl (C=O) groups excluding carboxylic acids is 2. The summed E-state index contributed by atoms with van der Waals surface area (Å²) < 4.78 is 0. The summed E-state index contributed by atoms with van der Waals surface area (Å²) in [6, 6.07) is 10.1. The van der Waals surface area contributed by atoms with Crippen molar-refractivity contribution in [2.24, 2.45) is 0 Å². The molecule has 2 amide bonds. The smallest absolute Gasteiger partial charge is 0.319 e. The predicted molar refractivity (Wildman–Crippen MR) is 104 cm³/mol. The van der Waals surface area contributed by atoms with Crippen LogP contribution in [-0.2, 0) is 0 Å². The quantitative estimate of drug-likeness (QED) is 0.766. The van der Waals surface area contributed by atoms with Gasteiger partial charge in [-0.15, -0.1) is 0 Å². The van der Waals surface area contributed by atoms with Crippen LogP contribution in [0.1, 0.15) is 45.6 Å². The van der Waals surface area contributed by atoms with Crippen molar-refractivity contribution in [3.8, 4) is 0 Å². The average molecular weight is 369 g/mol. The SMILES string of the molecule is CC1=C(C(=O)c2ccc(Cl)cc2)[C@@H](c2c(C)cc(C)cc2C)NC(=O)N1. The van der Waals surface area contributed by atoms with Gasteiger partial charge in [0, 0.05) is 21.9 Å². The molecule has 0 spiro atoms. The number of aryl methyl sites for hydroxylation is 3. The zero-order chi connectivity index (χ0) is 19.0. The zero-order valence-electron chi connectivity index (χ0n) is 15.2. The number of hydrogen-bond acceptors (Lipinski definition) is 2. The largest absolute Gasteiger partial charge is 0.327 e. The lowest BCUT2D eigenvalue weighted by Crippen LogP contribution is -2.45. The van der Waals surface area contributed by atoms with Crippen LogP contribution < -0.4 is 10.6 Å². The molecule has 0 aliphatic carbocycles. The van der Waals surface area contributed by atoms with Gasteiger partial charge in [0.15, 0.2) is 5.78 Å². The summed E-state index contributed by atoms with van der Waals surface area (Å²) in [5.74, 6) is -0.129. The molecule has 1 aliphatic heterocycles. The molecule has 1 heterocycles. The van der Waals surface area contributed by atoms with Gasteiger partial charge in [0.2, 0.25) is 0 Å². The molecule has 2 aromatic rings. The Morgan fingerprint density at radius 3 is 2.15 bits per heavy atom. The van der Waals surface area contributed by atoms with E-state index in [1.165, 1.54) is 0 Å². The van der Waals surface area contributed by atoms with Gasteiger partial charge in [0.1, 0.15) is 0 Å². The van der Waals surface area contributed by atoms with E-state index < -0.39 is 6.04 Å². The molecule has 3 rings (SSSR count). The maximum atomic E-state index is 13.2. The maximum absolute atomic E-state index is 13.2. The molecule has 4 nitrogen and oxygen atoms in total. The molecular weight excluding hydrogens is 348 g/mol. The normalized spacial score (nSPS) is 17.0. The topological polar surface area (TPSA) is 58.2 Å². The molecule has 1 atom stereocenters. The Labute approximate surface area is 158 Å². The number of ketones is 1. The Kier molecular flexibility index (Phi) is 4.88. The number of nitrogens with one attached hydrogen (secondary N) is 2. The van der Waals surface area contributed by atoms with Gasteiger partial charge in [-0.1, -0.05) is 29.3 Å². The number of amides is 2. The third kappa shape index (κ3) is 3.37. The number of hydrogen-bond donors (Lipinski definition) is 2. The summed E-state index contributed by atoms with van der Waals surface area (Å²) in [4.78, 5) is 25.3. The summed E-state index contributed by atoms with van der Waals surface area (Å²) in [5.41, 5.74) is 5.85. The van der Waals surface area contributed by atoms with Crippen LogP contribution in [0.2, 0.25) is 5.02 Å². The van der Waals surface area contributed by atoms with E-state index in [4.69, 9.17) is 11.6 Å². The average Bonchev–Trinajstić information content (AvgIpc) is 2.53. The molecule has 0 fully saturated rings. The fourth-order valence-corrected chi connectivity index (χ4v) is 3.74. The van der Waals surface area contributed by atoms with Gasteiger partial charge in [-0.3, -0.25) is 4.79 Å². The first-order valence-corrected chi connectivity index (χ1v) is 8.82. The standard InChI is InChI=1S/C21H21ClN2O2/c1-11-9-12(2)17(13(3)10-11)19-18(14(4)23-21(26)24-19)20(25)15-5-7-16(22)8-6-15/h5-10,19H,1-4H3,(H2,23,24,26)/t19-/m1/s1. The number of rotatable bonds is 3. The molecule has 0 aromatic heterocycles. The minimum Gasteiger partial charge on any atom is -0.327 e. The van der Waals surface area contributed by atoms with Crippen molar-refractivity contribution in [2.75, 3.05) is 0 Å². The summed E-state index contributed by atoms with van der Waals surface area (Å²) in [5, 5.41) is 6.22. The van der Waals surface area contributed by atoms with Crippen molar-refractivity contribution in [3.05, 3.63) is 80.5 Å². The Morgan fingerprint density at radius 2 is 1.58 bits per heavy atom. The highest BCUT2D eigenvalue weighted by atomic mass is 35.5. The highest BCUT2D eigenvalue weighted by molar-refractivity contribution is 6.30. The number of benzene rings is 2. The molecule has 26 heavy (non-hydrogen) atoms. The number of Topliss-reactive ketones (excluding diaryl/α,β-unsaturated/α-hetero) is 1. The molecule has 0 radical (unpaired) electrons. The minimum absolute atomic E-state index is 0.129. The number of halogens is 1. The molecule has 134 valence electrons. The van der Waals surface area contributed by atoms with Crippen LogP contribution in [0.4, 0.5) is 4.79 Å². The van der Waals surface area contributed by atoms with Crippen LogP contribution >= 0.6 is 11.6 Å². The van der Waals surface area contributed by atoms with Crippen LogP contribution in [-0.4, -0.2) is 11.8 Å². The number of allylic oxidation sites excluding steroid dienone is 1. The van der Waals surface area contributed by atoms with E-state index in [-0.39, 0.29) is 11.8 Å². The number of carbonyl (C=O) groups is 2. The van der Waals surface area contributed by atoms with Crippen molar-refractivity contribution < 1.29 is 9.59 Å². The van der Waals surface area contributed by atoms with E-state index in [0.29, 0.717) is 21.9 Å². The van der Waals surface area contributed by atoms with Crippen LogP contribution in [0.25, 0.3) is 0 Å². The first-order chi connectivity index (χ1) is 12.3. The van der Waals surface area contributed by atoms with Crippen LogP contribution in [0.5, 0.6) is 0 Å². The lowest BCUT2D eigenvalue weighted by molar-refractivity contribution is 0.102. The van der Waals surface area contributed by atoms with Crippen molar-refractivity contribution in [1.82, 2.24) is 10.6 Å². The van der Waals surface area contributed by atoms with E-state index in [1.807, 2.05) is 20.8 Å². The Hall–Kier alpha value is -2.59. The van der Waals surface area contributed by atoms with Gasteiger partial charge in [-0.05, 0) is 68.7 Å². The van der Waals surface area contributed by atoms with Crippen molar-refractivity contribution in [1.29, 1.82) is 0 Å². The molecule has 0 saturated heterocycles. The second-order valence-corrected chi connectivity index (χ2v) is 7.15. The predicted octanol–water partition coefficient (Wildman–Crippen LogP) is 4.78. The van der Waals surface area contributed by atoms with Gasteiger partial charge >= 0.3 is 6.03 Å². The summed E-state index contributed by atoms with van der Waals surface area (Å²) in [7, 11) is 0. The van der Waals surface area contributed by atoms with Crippen molar-refractivity contribution in [3.63, 3.8) is 0 Å². The lowest BCUT2D eigenvalue weighted by Gasteiger charge is -2.31. The third-order valence-corrected chi connectivity index (χ3v) is 4.90. The molecule has 0 saturated carbocycles. The Bertz CT molecular complexity index is 907. The minimum atomic E-state index is -0.493. The van der Waals surface area contributed by atoms with E-state index in [9.17, 15) is 9.59 Å². The molecule has 2 aromatic carbocycles. The van der Waals surface area contributed by atoms with Crippen LogP contribution in [0.15, 0.2) is 47.7 Å². The van der Waals surface area contributed by atoms with Crippen LogP contribution in [0.3, 0.4) is 0 Å². The lowest BCUT2D eigenvalue weighted by atomic mass is 9.85. The second-order valence-electron chi connectivity index (χ2n) is 6.72. The fraction of sp³-hybridized carbons (Fsp3) is 0.238. The van der Waals surface area contributed by atoms with Gasteiger partial charge in [-0.25, -0.2) is 4.79 Å². The Morgan fingerprint density at radius 1 is 1.00 bits per heavy atom. The van der Waals surface area contributed by atoms with E-state index in [2.05, 4.69) is 22.8 Å². The Balaban J connectivity index is 2.14. The van der Waals surface area contributed by atoms with E-state index >= 15 is 0 Å². The van der Waals surface area contributed by atoms with Crippen LogP contribution in [0, 0.1) is 20.8 Å². The molecule has 0 bridgehead atoms.